The molecule has 0 saturated carbocycles. The van der Waals surface area contributed by atoms with Gasteiger partial charge in [0, 0.05) is 5.56 Å². The summed E-state index contributed by atoms with van der Waals surface area (Å²) in [4.78, 5) is 12.0. The fourth-order valence-corrected chi connectivity index (χ4v) is 2.68. The number of nitrogens with zero attached hydrogens (tertiary/aromatic N) is 1. The van der Waals surface area contributed by atoms with Crippen molar-refractivity contribution in [1.29, 1.82) is 0 Å². The summed E-state index contributed by atoms with van der Waals surface area (Å²) in [5.41, 5.74) is 6.49. The molecular formula is C24H22N2O2. The van der Waals surface area contributed by atoms with Crippen molar-refractivity contribution in [3.8, 4) is 16.9 Å². The van der Waals surface area contributed by atoms with Crippen molar-refractivity contribution in [3.63, 3.8) is 0 Å². The Kier molecular flexibility index (Phi) is 6.74. The highest BCUT2D eigenvalue weighted by Gasteiger charge is 2.07. The van der Waals surface area contributed by atoms with E-state index < -0.39 is 0 Å². The lowest BCUT2D eigenvalue weighted by molar-refractivity contribution is -0.123. The Hall–Kier alpha value is -3.66. The van der Waals surface area contributed by atoms with Crippen LogP contribution in [0.3, 0.4) is 0 Å². The Labute approximate surface area is 165 Å². The fourth-order valence-electron chi connectivity index (χ4n) is 2.68. The van der Waals surface area contributed by atoms with E-state index in [4.69, 9.17) is 4.74 Å². The minimum Gasteiger partial charge on any atom is -0.483 e. The lowest BCUT2D eigenvalue weighted by Gasteiger charge is -2.10. The summed E-state index contributed by atoms with van der Waals surface area (Å²) in [6.07, 6.45) is 3.60. The number of allylic oxidation sites excluding steroid dienone is 1. The van der Waals surface area contributed by atoms with E-state index in [-0.39, 0.29) is 12.5 Å². The average Bonchev–Trinajstić information content (AvgIpc) is 2.74. The van der Waals surface area contributed by atoms with Crippen LogP contribution in [0.5, 0.6) is 5.75 Å². The molecule has 0 bridgehead atoms. The number of hydrogen-bond donors (Lipinski definition) is 1. The maximum Gasteiger partial charge on any atom is 0.277 e. The van der Waals surface area contributed by atoms with Gasteiger partial charge in [-0.2, -0.15) is 5.10 Å². The molecule has 0 aliphatic carbocycles. The molecule has 3 aromatic carbocycles. The zero-order valence-electron chi connectivity index (χ0n) is 15.7. The summed E-state index contributed by atoms with van der Waals surface area (Å²) in [6.45, 7) is 1.82. The molecule has 1 amide bonds. The van der Waals surface area contributed by atoms with Gasteiger partial charge in [-0.25, -0.2) is 5.43 Å². The molecule has 3 aromatic rings. The van der Waals surface area contributed by atoms with E-state index in [1.807, 2.05) is 97.9 Å². The summed E-state index contributed by atoms with van der Waals surface area (Å²) in [7, 11) is 0. The number of carbonyl (C=O) groups excluding carboxylic acids is 1. The van der Waals surface area contributed by atoms with Crippen molar-refractivity contribution < 1.29 is 9.53 Å². The van der Waals surface area contributed by atoms with Gasteiger partial charge in [-0.1, -0.05) is 84.9 Å². The van der Waals surface area contributed by atoms with E-state index in [1.165, 1.54) is 0 Å². The SMILES string of the molecule is CC(C=NNC(=O)COc1ccccc1-c1ccccc1)=Cc1ccccc1. The second kappa shape index (κ2) is 9.88. The van der Waals surface area contributed by atoms with Crippen molar-refractivity contribution in [1.82, 2.24) is 5.43 Å². The number of hydrogen-bond acceptors (Lipinski definition) is 3. The maximum atomic E-state index is 12.0. The monoisotopic (exact) mass is 370 g/mol. The van der Waals surface area contributed by atoms with Crippen LogP contribution in [0.4, 0.5) is 0 Å². The number of amides is 1. The molecule has 0 unspecified atom stereocenters. The van der Waals surface area contributed by atoms with Crippen LogP contribution < -0.4 is 10.2 Å². The number of carbonyl (C=O) groups is 1. The predicted molar refractivity (Wildman–Crippen MR) is 114 cm³/mol. The van der Waals surface area contributed by atoms with Crippen LogP contribution in [0.2, 0.25) is 0 Å². The molecule has 0 saturated heterocycles. The number of ether oxygens (including phenoxy) is 1. The standard InChI is InChI=1S/C24H22N2O2/c1-19(16-20-10-4-2-5-11-20)17-25-26-24(27)18-28-23-15-9-8-14-22(23)21-12-6-3-7-13-21/h2-17H,18H2,1H3,(H,26,27). The van der Waals surface area contributed by atoms with Crippen LogP contribution in [0.1, 0.15) is 12.5 Å². The summed E-state index contributed by atoms with van der Waals surface area (Å²) in [5, 5.41) is 3.99. The van der Waals surface area contributed by atoms with Crippen LogP contribution in [0, 0.1) is 0 Å². The highest BCUT2D eigenvalue weighted by Crippen LogP contribution is 2.29. The number of para-hydroxylation sites is 1. The molecule has 28 heavy (non-hydrogen) atoms. The molecule has 140 valence electrons. The molecule has 0 atom stereocenters. The zero-order chi connectivity index (χ0) is 19.6. The molecule has 0 aromatic heterocycles. The van der Waals surface area contributed by atoms with Crippen molar-refractivity contribution in [3.05, 3.63) is 96.1 Å². The molecular weight excluding hydrogens is 348 g/mol. The Morgan fingerprint density at radius 3 is 2.32 bits per heavy atom. The van der Waals surface area contributed by atoms with E-state index in [0.29, 0.717) is 5.75 Å². The van der Waals surface area contributed by atoms with Gasteiger partial charge in [-0.15, -0.1) is 0 Å². The summed E-state index contributed by atoms with van der Waals surface area (Å²) in [5.74, 6) is 0.347. The van der Waals surface area contributed by atoms with Gasteiger partial charge in [0.1, 0.15) is 5.75 Å². The van der Waals surface area contributed by atoms with E-state index >= 15 is 0 Å². The third-order valence-electron chi connectivity index (χ3n) is 3.98. The van der Waals surface area contributed by atoms with E-state index in [0.717, 1.165) is 22.3 Å². The van der Waals surface area contributed by atoms with Gasteiger partial charge in [0.05, 0.1) is 6.21 Å². The quantitative estimate of drug-likeness (QED) is 0.473. The van der Waals surface area contributed by atoms with Gasteiger partial charge in [0.25, 0.3) is 5.91 Å². The molecule has 4 heteroatoms. The predicted octanol–water partition coefficient (Wildman–Crippen LogP) is 4.94. The van der Waals surface area contributed by atoms with Gasteiger partial charge in [-0.05, 0) is 29.7 Å². The van der Waals surface area contributed by atoms with Gasteiger partial charge < -0.3 is 4.74 Å². The lowest BCUT2D eigenvalue weighted by atomic mass is 10.1. The highest BCUT2D eigenvalue weighted by molar-refractivity contribution is 5.86. The molecule has 3 rings (SSSR count). The number of rotatable bonds is 7. The highest BCUT2D eigenvalue weighted by atomic mass is 16.5. The molecule has 0 spiro atoms. The normalized spacial score (nSPS) is 11.4. The van der Waals surface area contributed by atoms with Gasteiger partial charge in [-0.3, -0.25) is 4.79 Å². The lowest BCUT2D eigenvalue weighted by Crippen LogP contribution is -2.24. The van der Waals surface area contributed by atoms with Crippen molar-refractivity contribution >= 4 is 18.2 Å². The van der Waals surface area contributed by atoms with Crippen molar-refractivity contribution in [2.45, 2.75) is 6.92 Å². The maximum absolute atomic E-state index is 12.0. The molecule has 0 fully saturated rings. The van der Waals surface area contributed by atoms with Crippen LogP contribution in [-0.4, -0.2) is 18.7 Å². The first-order valence-corrected chi connectivity index (χ1v) is 9.05. The van der Waals surface area contributed by atoms with Gasteiger partial charge >= 0.3 is 0 Å². The van der Waals surface area contributed by atoms with Gasteiger partial charge in [0.2, 0.25) is 0 Å². The first kappa shape index (κ1) is 19.1. The average molecular weight is 370 g/mol. The topological polar surface area (TPSA) is 50.7 Å². The number of benzene rings is 3. The van der Waals surface area contributed by atoms with Crippen LogP contribution in [-0.2, 0) is 4.79 Å². The Balaban J connectivity index is 1.55. The number of hydrazone groups is 1. The smallest absolute Gasteiger partial charge is 0.277 e. The molecule has 0 aliphatic rings. The summed E-state index contributed by atoms with van der Waals surface area (Å²) < 4.78 is 5.71. The fraction of sp³-hybridized carbons (Fsp3) is 0.0833. The first-order chi connectivity index (χ1) is 13.7. The molecule has 4 nitrogen and oxygen atoms in total. The van der Waals surface area contributed by atoms with E-state index in [1.54, 1.807) is 6.21 Å². The van der Waals surface area contributed by atoms with Crippen LogP contribution >= 0.6 is 0 Å². The van der Waals surface area contributed by atoms with E-state index in [9.17, 15) is 4.79 Å². The van der Waals surface area contributed by atoms with Gasteiger partial charge in [0.15, 0.2) is 6.61 Å². The molecule has 1 N–H and O–H groups in total. The largest absolute Gasteiger partial charge is 0.483 e. The Morgan fingerprint density at radius 1 is 0.929 bits per heavy atom. The third-order valence-corrected chi connectivity index (χ3v) is 3.98. The van der Waals surface area contributed by atoms with Crippen molar-refractivity contribution in [2.24, 2.45) is 5.10 Å². The second-order valence-corrected chi connectivity index (χ2v) is 6.24. The zero-order valence-corrected chi connectivity index (χ0v) is 15.7. The minimum absolute atomic E-state index is 0.108. The number of nitrogens with one attached hydrogen (secondary N) is 1. The molecule has 0 aliphatic heterocycles. The van der Waals surface area contributed by atoms with Crippen molar-refractivity contribution in [2.75, 3.05) is 6.61 Å². The summed E-state index contributed by atoms with van der Waals surface area (Å²) in [6, 6.07) is 27.5. The first-order valence-electron chi connectivity index (χ1n) is 9.05. The third kappa shape index (κ3) is 5.68. The van der Waals surface area contributed by atoms with E-state index in [2.05, 4.69) is 10.5 Å². The van der Waals surface area contributed by atoms with Crippen LogP contribution in [0.15, 0.2) is 95.6 Å². The Bertz CT molecular complexity index is 964. The van der Waals surface area contributed by atoms with Crippen LogP contribution in [0.25, 0.3) is 17.2 Å². The minimum atomic E-state index is -0.313. The molecule has 0 heterocycles. The Morgan fingerprint density at radius 2 is 1.57 bits per heavy atom. The second-order valence-electron chi connectivity index (χ2n) is 6.24. The molecule has 0 radical (unpaired) electrons. The summed E-state index contributed by atoms with van der Waals surface area (Å²) >= 11 is 0.